The highest BCUT2D eigenvalue weighted by Gasteiger charge is 2.24. The van der Waals surface area contributed by atoms with E-state index in [2.05, 4.69) is 5.32 Å². The smallest absolute Gasteiger partial charge is 0.220 e. The minimum atomic E-state index is -0.363. The number of aliphatic hydroxyl groups is 1. The van der Waals surface area contributed by atoms with Gasteiger partial charge in [0.05, 0.1) is 12.1 Å². The Morgan fingerprint density at radius 1 is 1.53 bits per heavy atom. The zero-order valence-electron chi connectivity index (χ0n) is 9.41. The van der Waals surface area contributed by atoms with E-state index >= 15 is 0 Å². The molecule has 4 heteroatoms. The van der Waals surface area contributed by atoms with Gasteiger partial charge >= 0.3 is 0 Å². The number of nitrogens with two attached hydrogens (primary N) is 1. The summed E-state index contributed by atoms with van der Waals surface area (Å²) in [6.45, 7) is 1.89. The fraction of sp³-hybridized carbons (Fsp3) is 0.909. The summed E-state index contributed by atoms with van der Waals surface area (Å²) >= 11 is 0. The number of carbonyl (C=O) groups excluding carboxylic acids is 1. The molecule has 1 fully saturated rings. The van der Waals surface area contributed by atoms with E-state index < -0.39 is 0 Å². The molecule has 4 N–H and O–H groups in total. The number of hydrogen-bond acceptors (Lipinski definition) is 3. The van der Waals surface area contributed by atoms with Gasteiger partial charge < -0.3 is 16.2 Å². The first-order valence-corrected chi connectivity index (χ1v) is 5.82. The van der Waals surface area contributed by atoms with Gasteiger partial charge in [0.1, 0.15) is 0 Å². The molecule has 0 heterocycles. The Kier molecular flexibility index (Phi) is 5.05. The van der Waals surface area contributed by atoms with Crippen LogP contribution in [0.15, 0.2) is 0 Å². The summed E-state index contributed by atoms with van der Waals surface area (Å²) < 4.78 is 0. The van der Waals surface area contributed by atoms with Crippen LogP contribution < -0.4 is 11.1 Å². The van der Waals surface area contributed by atoms with Crippen LogP contribution in [0.1, 0.15) is 45.4 Å². The molecule has 4 nitrogen and oxygen atoms in total. The monoisotopic (exact) mass is 214 g/mol. The van der Waals surface area contributed by atoms with Crippen LogP contribution in [0.3, 0.4) is 0 Å². The first kappa shape index (κ1) is 12.5. The van der Waals surface area contributed by atoms with E-state index in [0.717, 1.165) is 25.7 Å². The summed E-state index contributed by atoms with van der Waals surface area (Å²) in [6, 6.07) is 0.0198. The number of nitrogens with one attached hydrogen (secondary N) is 1. The Labute approximate surface area is 91.2 Å². The van der Waals surface area contributed by atoms with Gasteiger partial charge in [0.2, 0.25) is 5.91 Å². The van der Waals surface area contributed by atoms with Gasteiger partial charge in [-0.25, -0.2) is 0 Å². The maximum atomic E-state index is 11.5. The van der Waals surface area contributed by atoms with Crippen molar-refractivity contribution in [3.05, 3.63) is 0 Å². The van der Waals surface area contributed by atoms with Crippen LogP contribution in [-0.2, 0) is 4.79 Å². The SMILES string of the molecule is CC(N)CCC(=O)N[C@@H]1CCCC[C@H]1O. The molecular weight excluding hydrogens is 192 g/mol. The summed E-state index contributed by atoms with van der Waals surface area (Å²) in [5.41, 5.74) is 5.57. The Morgan fingerprint density at radius 3 is 2.80 bits per heavy atom. The number of rotatable bonds is 4. The summed E-state index contributed by atoms with van der Waals surface area (Å²) in [5, 5.41) is 12.5. The van der Waals surface area contributed by atoms with Gasteiger partial charge in [-0.15, -0.1) is 0 Å². The van der Waals surface area contributed by atoms with Gasteiger partial charge in [-0.3, -0.25) is 4.79 Å². The Hall–Kier alpha value is -0.610. The minimum Gasteiger partial charge on any atom is -0.391 e. The molecule has 0 bridgehead atoms. The molecule has 15 heavy (non-hydrogen) atoms. The molecule has 1 rings (SSSR count). The summed E-state index contributed by atoms with van der Waals surface area (Å²) in [4.78, 5) is 11.5. The predicted molar refractivity (Wildman–Crippen MR) is 59.3 cm³/mol. The van der Waals surface area contributed by atoms with E-state index in [1.165, 1.54) is 0 Å². The van der Waals surface area contributed by atoms with Crippen LogP contribution in [0.4, 0.5) is 0 Å². The molecule has 0 radical (unpaired) electrons. The Bertz CT molecular complexity index is 207. The van der Waals surface area contributed by atoms with Crippen molar-refractivity contribution in [1.82, 2.24) is 5.32 Å². The van der Waals surface area contributed by atoms with Crippen LogP contribution in [0.5, 0.6) is 0 Å². The topological polar surface area (TPSA) is 75.4 Å². The van der Waals surface area contributed by atoms with Crippen molar-refractivity contribution < 1.29 is 9.90 Å². The maximum Gasteiger partial charge on any atom is 0.220 e. The summed E-state index contributed by atoms with van der Waals surface area (Å²) in [7, 11) is 0. The lowest BCUT2D eigenvalue weighted by Gasteiger charge is -2.28. The first-order chi connectivity index (χ1) is 7.09. The highest BCUT2D eigenvalue weighted by atomic mass is 16.3. The molecule has 1 unspecified atom stereocenters. The molecule has 1 amide bonds. The van der Waals surface area contributed by atoms with Crippen LogP contribution in [0.25, 0.3) is 0 Å². The van der Waals surface area contributed by atoms with E-state index in [0.29, 0.717) is 12.8 Å². The second-order valence-electron chi connectivity index (χ2n) is 4.54. The van der Waals surface area contributed by atoms with Gasteiger partial charge in [-0.05, 0) is 26.2 Å². The molecule has 0 saturated heterocycles. The average molecular weight is 214 g/mol. The molecule has 0 aromatic heterocycles. The van der Waals surface area contributed by atoms with E-state index in [1.807, 2.05) is 6.92 Å². The maximum absolute atomic E-state index is 11.5. The molecule has 3 atom stereocenters. The lowest BCUT2D eigenvalue weighted by molar-refractivity contribution is -0.123. The second-order valence-corrected chi connectivity index (χ2v) is 4.54. The van der Waals surface area contributed by atoms with Crippen molar-refractivity contribution >= 4 is 5.91 Å². The molecule has 88 valence electrons. The molecule has 1 aliphatic carbocycles. The molecule has 0 aromatic rings. The van der Waals surface area contributed by atoms with E-state index in [1.54, 1.807) is 0 Å². The zero-order chi connectivity index (χ0) is 11.3. The molecule has 1 saturated carbocycles. The standard InChI is InChI=1S/C11H22N2O2/c1-8(12)6-7-11(15)13-9-4-2-3-5-10(9)14/h8-10,14H,2-7,12H2,1H3,(H,13,15)/t8?,9-,10-/m1/s1. The lowest BCUT2D eigenvalue weighted by atomic mass is 9.92. The first-order valence-electron chi connectivity index (χ1n) is 5.82. The van der Waals surface area contributed by atoms with Crippen LogP contribution >= 0.6 is 0 Å². The van der Waals surface area contributed by atoms with E-state index in [4.69, 9.17) is 5.73 Å². The van der Waals surface area contributed by atoms with Crippen molar-refractivity contribution in [2.75, 3.05) is 0 Å². The molecule has 0 spiro atoms. The third-order valence-electron chi connectivity index (χ3n) is 2.90. The highest BCUT2D eigenvalue weighted by Crippen LogP contribution is 2.18. The number of hydrogen-bond donors (Lipinski definition) is 3. The molecule has 0 aromatic carbocycles. The normalized spacial score (nSPS) is 28.5. The minimum absolute atomic E-state index is 0.0123. The predicted octanol–water partition coefficient (Wildman–Crippen LogP) is 0.533. The fourth-order valence-electron chi connectivity index (χ4n) is 1.92. The Morgan fingerprint density at radius 2 is 2.20 bits per heavy atom. The van der Waals surface area contributed by atoms with Crippen molar-refractivity contribution in [1.29, 1.82) is 0 Å². The fourth-order valence-corrected chi connectivity index (χ4v) is 1.92. The largest absolute Gasteiger partial charge is 0.391 e. The number of aliphatic hydroxyl groups excluding tert-OH is 1. The molecule has 1 aliphatic rings. The third kappa shape index (κ3) is 4.62. The second kappa shape index (κ2) is 6.08. The van der Waals surface area contributed by atoms with Crippen LogP contribution in [0, 0.1) is 0 Å². The average Bonchev–Trinajstić information content (AvgIpc) is 2.18. The van der Waals surface area contributed by atoms with E-state index in [9.17, 15) is 9.90 Å². The van der Waals surface area contributed by atoms with E-state index in [-0.39, 0.29) is 24.1 Å². The van der Waals surface area contributed by atoms with Gasteiger partial charge in [-0.2, -0.15) is 0 Å². The molecular formula is C11H22N2O2. The van der Waals surface area contributed by atoms with Gasteiger partial charge in [-0.1, -0.05) is 12.8 Å². The molecule has 0 aliphatic heterocycles. The van der Waals surface area contributed by atoms with Crippen molar-refractivity contribution in [2.24, 2.45) is 5.73 Å². The zero-order valence-corrected chi connectivity index (χ0v) is 9.41. The summed E-state index contributed by atoms with van der Waals surface area (Å²) in [6.07, 6.45) is 4.65. The number of amides is 1. The lowest BCUT2D eigenvalue weighted by Crippen LogP contribution is -2.45. The Balaban J connectivity index is 2.24. The van der Waals surface area contributed by atoms with Crippen LogP contribution in [-0.4, -0.2) is 29.2 Å². The quantitative estimate of drug-likeness (QED) is 0.639. The third-order valence-corrected chi connectivity index (χ3v) is 2.90. The summed E-state index contributed by atoms with van der Waals surface area (Å²) in [5.74, 6) is 0.0123. The van der Waals surface area contributed by atoms with Crippen LogP contribution in [0.2, 0.25) is 0 Å². The van der Waals surface area contributed by atoms with Crippen molar-refractivity contribution in [2.45, 2.75) is 63.6 Å². The van der Waals surface area contributed by atoms with Crippen molar-refractivity contribution in [3.63, 3.8) is 0 Å². The van der Waals surface area contributed by atoms with Gasteiger partial charge in [0.15, 0.2) is 0 Å². The number of carbonyl (C=O) groups is 1. The highest BCUT2D eigenvalue weighted by molar-refractivity contribution is 5.76. The van der Waals surface area contributed by atoms with Gasteiger partial charge in [0.25, 0.3) is 0 Å². The van der Waals surface area contributed by atoms with Gasteiger partial charge in [0, 0.05) is 12.5 Å². The van der Waals surface area contributed by atoms with Crippen molar-refractivity contribution in [3.8, 4) is 0 Å².